The van der Waals surface area contributed by atoms with E-state index in [2.05, 4.69) is 52.0 Å². The van der Waals surface area contributed by atoms with E-state index in [0.717, 1.165) is 30.1 Å². The molecule has 1 aliphatic carbocycles. The highest BCUT2D eigenvalue weighted by molar-refractivity contribution is 5.81. The second kappa shape index (κ2) is 5.17. The van der Waals surface area contributed by atoms with Gasteiger partial charge in [-0.2, -0.15) is 0 Å². The summed E-state index contributed by atoms with van der Waals surface area (Å²) in [4.78, 5) is 0. The molecule has 0 bridgehead atoms. The summed E-state index contributed by atoms with van der Waals surface area (Å²) in [6.45, 7) is 9.13. The van der Waals surface area contributed by atoms with Crippen LogP contribution in [0.3, 0.4) is 0 Å². The van der Waals surface area contributed by atoms with E-state index in [9.17, 15) is 0 Å². The van der Waals surface area contributed by atoms with Crippen LogP contribution in [0.5, 0.6) is 0 Å². The van der Waals surface area contributed by atoms with Crippen molar-refractivity contribution in [2.45, 2.75) is 58.9 Å². The van der Waals surface area contributed by atoms with Crippen LogP contribution in [0.15, 0.2) is 28.7 Å². The molecule has 3 unspecified atom stereocenters. The van der Waals surface area contributed by atoms with E-state index in [-0.39, 0.29) is 6.04 Å². The Balaban J connectivity index is 1.94. The molecule has 1 aliphatic rings. The van der Waals surface area contributed by atoms with E-state index in [1.807, 2.05) is 0 Å². The largest absolute Gasteiger partial charge is 0.460 e. The van der Waals surface area contributed by atoms with E-state index < -0.39 is 0 Å². The van der Waals surface area contributed by atoms with Crippen molar-refractivity contribution in [2.75, 3.05) is 0 Å². The third-order valence-corrected chi connectivity index (χ3v) is 5.25. The number of nitrogens with two attached hydrogens (primary N) is 1. The van der Waals surface area contributed by atoms with Gasteiger partial charge in [-0.1, -0.05) is 39.0 Å². The standard InChI is InChI=1S/C19H27NO/c1-12-6-5-7-13-10-17(21-18(12)13)15-11-14(19(2,3)4)8-9-16(15)20/h5-7,10,14-16H,8-9,11,20H2,1-4H3. The fourth-order valence-corrected chi connectivity index (χ4v) is 3.72. The quantitative estimate of drug-likeness (QED) is 0.801. The third-order valence-electron chi connectivity index (χ3n) is 5.25. The lowest BCUT2D eigenvalue weighted by Gasteiger charge is -2.39. The average Bonchev–Trinajstić information content (AvgIpc) is 2.83. The molecular formula is C19H27NO. The molecule has 1 aromatic heterocycles. The number of fused-ring (bicyclic) bond motifs is 1. The molecule has 3 rings (SSSR count). The normalized spacial score (nSPS) is 27.2. The van der Waals surface area contributed by atoms with Gasteiger partial charge in [-0.05, 0) is 49.1 Å². The highest BCUT2D eigenvalue weighted by atomic mass is 16.3. The Morgan fingerprint density at radius 2 is 1.95 bits per heavy atom. The second-order valence-corrected chi connectivity index (χ2v) is 7.79. The average molecular weight is 285 g/mol. The first kappa shape index (κ1) is 14.6. The topological polar surface area (TPSA) is 39.2 Å². The van der Waals surface area contributed by atoms with Crippen LogP contribution in [0, 0.1) is 18.3 Å². The van der Waals surface area contributed by atoms with Gasteiger partial charge in [-0.25, -0.2) is 0 Å². The maximum absolute atomic E-state index is 6.42. The molecule has 2 N–H and O–H groups in total. The fraction of sp³-hybridized carbons (Fsp3) is 0.579. The molecule has 2 aromatic rings. The summed E-state index contributed by atoms with van der Waals surface area (Å²) in [6, 6.07) is 8.76. The number of hydrogen-bond donors (Lipinski definition) is 1. The number of aryl methyl sites for hydroxylation is 1. The van der Waals surface area contributed by atoms with Crippen LogP contribution in [0.1, 0.15) is 57.3 Å². The minimum absolute atomic E-state index is 0.226. The van der Waals surface area contributed by atoms with Crippen LogP contribution in [-0.2, 0) is 0 Å². The van der Waals surface area contributed by atoms with Gasteiger partial charge in [0.2, 0.25) is 0 Å². The van der Waals surface area contributed by atoms with Gasteiger partial charge in [0.15, 0.2) is 0 Å². The Morgan fingerprint density at radius 1 is 1.19 bits per heavy atom. The van der Waals surface area contributed by atoms with Gasteiger partial charge in [0.25, 0.3) is 0 Å². The predicted octanol–water partition coefficient (Wildman–Crippen LogP) is 5.00. The molecule has 0 aliphatic heterocycles. The maximum Gasteiger partial charge on any atom is 0.137 e. The van der Waals surface area contributed by atoms with Crippen molar-refractivity contribution in [3.05, 3.63) is 35.6 Å². The van der Waals surface area contributed by atoms with Crippen molar-refractivity contribution >= 4 is 11.0 Å². The summed E-state index contributed by atoms with van der Waals surface area (Å²) in [7, 11) is 0. The lowest BCUT2D eigenvalue weighted by atomic mass is 9.67. The number of benzene rings is 1. The summed E-state index contributed by atoms with van der Waals surface area (Å²) < 4.78 is 6.19. The molecule has 3 atom stereocenters. The van der Waals surface area contributed by atoms with Crippen molar-refractivity contribution in [1.29, 1.82) is 0 Å². The number of furan rings is 1. The van der Waals surface area contributed by atoms with Crippen LogP contribution in [0.25, 0.3) is 11.0 Å². The van der Waals surface area contributed by atoms with Crippen LogP contribution < -0.4 is 5.73 Å². The Bertz CT molecular complexity index is 635. The molecule has 114 valence electrons. The molecule has 1 heterocycles. The molecule has 0 amide bonds. The number of hydrogen-bond acceptors (Lipinski definition) is 2. The first-order valence-electron chi connectivity index (χ1n) is 8.11. The molecule has 21 heavy (non-hydrogen) atoms. The molecule has 1 aromatic carbocycles. The van der Waals surface area contributed by atoms with Gasteiger partial charge in [-0.15, -0.1) is 0 Å². The summed E-state index contributed by atoms with van der Waals surface area (Å²) in [6.07, 6.45) is 3.48. The molecule has 2 heteroatoms. The van der Waals surface area contributed by atoms with E-state index >= 15 is 0 Å². The lowest BCUT2D eigenvalue weighted by Crippen LogP contribution is -2.38. The number of para-hydroxylation sites is 1. The van der Waals surface area contributed by atoms with Gasteiger partial charge < -0.3 is 10.2 Å². The zero-order valence-corrected chi connectivity index (χ0v) is 13.6. The minimum atomic E-state index is 0.226. The SMILES string of the molecule is Cc1cccc2cc(C3CC(C(C)(C)C)CCC3N)oc12. The molecule has 0 radical (unpaired) electrons. The van der Waals surface area contributed by atoms with Gasteiger partial charge >= 0.3 is 0 Å². The van der Waals surface area contributed by atoms with Crippen molar-refractivity contribution in [2.24, 2.45) is 17.1 Å². The van der Waals surface area contributed by atoms with Crippen molar-refractivity contribution in [3.63, 3.8) is 0 Å². The number of rotatable bonds is 1. The van der Waals surface area contributed by atoms with Crippen molar-refractivity contribution in [1.82, 2.24) is 0 Å². The Kier molecular flexibility index (Phi) is 3.61. The molecular weight excluding hydrogens is 258 g/mol. The first-order chi connectivity index (χ1) is 9.86. The summed E-state index contributed by atoms with van der Waals surface area (Å²) >= 11 is 0. The summed E-state index contributed by atoms with van der Waals surface area (Å²) in [5.41, 5.74) is 8.99. The summed E-state index contributed by atoms with van der Waals surface area (Å²) in [5, 5.41) is 1.20. The van der Waals surface area contributed by atoms with E-state index in [1.165, 1.54) is 17.4 Å². The highest BCUT2D eigenvalue weighted by Gasteiger charge is 2.36. The summed E-state index contributed by atoms with van der Waals surface area (Å²) in [5.74, 6) is 2.16. The molecule has 2 nitrogen and oxygen atoms in total. The Morgan fingerprint density at radius 3 is 2.62 bits per heavy atom. The fourth-order valence-electron chi connectivity index (χ4n) is 3.72. The Labute approximate surface area is 127 Å². The zero-order valence-electron chi connectivity index (χ0n) is 13.6. The molecule has 1 fully saturated rings. The van der Waals surface area contributed by atoms with Crippen LogP contribution in [-0.4, -0.2) is 6.04 Å². The van der Waals surface area contributed by atoms with Gasteiger partial charge in [0.05, 0.1) is 0 Å². The highest BCUT2D eigenvalue weighted by Crippen LogP contribution is 2.44. The predicted molar refractivity (Wildman–Crippen MR) is 88.5 cm³/mol. The van der Waals surface area contributed by atoms with Gasteiger partial charge in [-0.3, -0.25) is 0 Å². The minimum Gasteiger partial charge on any atom is -0.460 e. The maximum atomic E-state index is 6.42. The molecule has 0 saturated heterocycles. The van der Waals surface area contributed by atoms with Crippen LogP contribution in [0.2, 0.25) is 0 Å². The van der Waals surface area contributed by atoms with Crippen LogP contribution >= 0.6 is 0 Å². The van der Waals surface area contributed by atoms with Crippen LogP contribution in [0.4, 0.5) is 0 Å². The van der Waals surface area contributed by atoms with Gasteiger partial charge in [0, 0.05) is 17.3 Å². The third kappa shape index (κ3) is 2.74. The smallest absolute Gasteiger partial charge is 0.137 e. The van der Waals surface area contributed by atoms with Gasteiger partial charge in [0.1, 0.15) is 11.3 Å². The lowest BCUT2D eigenvalue weighted by molar-refractivity contribution is 0.147. The molecule has 1 saturated carbocycles. The van der Waals surface area contributed by atoms with E-state index in [1.54, 1.807) is 0 Å². The second-order valence-electron chi connectivity index (χ2n) is 7.79. The molecule has 0 spiro atoms. The zero-order chi connectivity index (χ0) is 15.2. The van der Waals surface area contributed by atoms with E-state index in [4.69, 9.17) is 10.2 Å². The van der Waals surface area contributed by atoms with E-state index in [0.29, 0.717) is 11.3 Å². The van der Waals surface area contributed by atoms with Crippen molar-refractivity contribution in [3.8, 4) is 0 Å². The Hall–Kier alpha value is -1.28. The monoisotopic (exact) mass is 285 g/mol. The van der Waals surface area contributed by atoms with Crippen molar-refractivity contribution < 1.29 is 4.42 Å². The first-order valence-corrected chi connectivity index (χ1v) is 8.11.